The maximum atomic E-state index is 11.5. The molecule has 4 heteroatoms. The summed E-state index contributed by atoms with van der Waals surface area (Å²) in [4.78, 5) is 16.4. The first-order valence-corrected chi connectivity index (χ1v) is 8.00. The Morgan fingerprint density at radius 1 is 1.33 bits per heavy atom. The number of carbonyl (C=O) groups excluding carboxylic acids is 1. The van der Waals surface area contributed by atoms with Crippen molar-refractivity contribution >= 4 is 11.7 Å². The van der Waals surface area contributed by atoms with Crippen molar-refractivity contribution in [2.75, 3.05) is 37.7 Å². The van der Waals surface area contributed by atoms with Gasteiger partial charge in [-0.2, -0.15) is 0 Å². The normalized spacial score (nSPS) is 21.6. The van der Waals surface area contributed by atoms with Crippen LogP contribution in [0.4, 0.5) is 5.69 Å². The zero-order valence-corrected chi connectivity index (χ0v) is 12.8. The lowest BCUT2D eigenvalue weighted by Gasteiger charge is -2.46. The predicted octanol–water partition coefficient (Wildman–Crippen LogP) is 2.08. The number of anilines is 1. The molecule has 0 spiro atoms. The first-order valence-electron chi connectivity index (χ1n) is 8.00. The molecule has 21 heavy (non-hydrogen) atoms. The van der Waals surface area contributed by atoms with Crippen molar-refractivity contribution < 1.29 is 9.53 Å². The van der Waals surface area contributed by atoms with E-state index in [0.717, 1.165) is 26.2 Å². The quantitative estimate of drug-likeness (QED) is 0.794. The third kappa shape index (κ3) is 3.21. The van der Waals surface area contributed by atoms with Gasteiger partial charge in [0, 0.05) is 37.9 Å². The van der Waals surface area contributed by atoms with Crippen LogP contribution in [0.5, 0.6) is 0 Å². The molecule has 4 nitrogen and oxygen atoms in total. The van der Waals surface area contributed by atoms with Crippen LogP contribution in [-0.2, 0) is 16.0 Å². The Morgan fingerprint density at radius 2 is 2.19 bits per heavy atom. The van der Waals surface area contributed by atoms with Gasteiger partial charge in [-0.25, -0.2) is 0 Å². The number of nitrogens with zero attached hydrogens (tertiary/aromatic N) is 2. The minimum atomic E-state index is -0.0751. The standard InChI is InChI=1S/C17H24N2O2/c1-2-21-17(20)9-10-18-11-12-19-15(13-18)8-7-14-5-3-4-6-16(14)19/h3-6,15H,2,7-13H2,1H3. The van der Waals surface area contributed by atoms with Crippen LogP contribution in [-0.4, -0.2) is 49.7 Å². The number of fused-ring (bicyclic) bond motifs is 3. The zero-order valence-electron chi connectivity index (χ0n) is 12.8. The van der Waals surface area contributed by atoms with E-state index in [0.29, 0.717) is 19.1 Å². The lowest BCUT2D eigenvalue weighted by Crippen LogP contribution is -2.55. The minimum absolute atomic E-state index is 0.0751. The average Bonchev–Trinajstić information content (AvgIpc) is 2.53. The highest BCUT2D eigenvalue weighted by Crippen LogP contribution is 2.32. The Bertz CT molecular complexity index is 503. The molecule has 2 aliphatic heterocycles. The number of benzene rings is 1. The van der Waals surface area contributed by atoms with Crippen molar-refractivity contribution in [2.45, 2.75) is 32.2 Å². The summed E-state index contributed by atoms with van der Waals surface area (Å²) >= 11 is 0. The number of ether oxygens (including phenoxy) is 1. The van der Waals surface area contributed by atoms with E-state index in [9.17, 15) is 4.79 Å². The molecule has 2 aliphatic rings. The second kappa shape index (κ2) is 6.48. The molecule has 1 atom stereocenters. The van der Waals surface area contributed by atoms with Gasteiger partial charge in [-0.05, 0) is 31.4 Å². The van der Waals surface area contributed by atoms with Crippen molar-refractivity contribution in [3.8, 4) is 0 Å². The third-order valence-electron chi connectivity index (χ3n) is 4.55. The van der Waals surface area contributed by atoms with Crippen molar-refractivity contribution in [3.05, 3.63) is 29.8 Å². The van der Waals surface area contributed by atoms with Gasteiger partial charge in [0.2, 0.25) is 0 Å². The summed E-state index contributed by atoms with van der Waals surface area (Å²) in [6.07, 6.45) is 2.90. The second-order valence-corrected chi connectivity index (χ2v) is 5.87. The highest BCUT2D eigenvalue weighted by atomic mass is 16.5. The maximum Gasteiger partial charge on any atom is 0.307 e. The van der Waals surface area contributed by atoms with E-state index in [2.05, 4.69) is 34.1 Å². The van der Waals surface area contributed by atoms with Gasteiger partial charge in [-0.15, -0.1) is 0 Å². The zero-order chi connectivity index (χ0) is 14.7. The molecule has 1 saturated heterocycles. The second-order valence-electron chi connectivity index (χ2n) is 5.87. The lowest BCUT2D eigenvalue weighted by atomic mass is 9.94. The molecule has 1 aromatic carbocycles. The number of rotatable bonds is 4. The first-order chi connectivity index (χ1) is 10.3. The van der Waals surface area contributed by atoms with Crippen LogP contribution in [0, 0.1) is 0 Å². The molecule has 0 aliphatic carbocycles. The van der Waals surface area contributed by atoms with Crippen LogP contribution in [0.3, 0.4) is 0 Å². The van der Waals surface area contributed by atoms with E-state index < -0.39 is 0 Å². The van der Waals surface area contributed by atoms with Gasteiger partial charge in [0.1, 0.15) is 0 Å². The summed E-state index contributed by atoms with van der Waals surface area (Å²) in [6.45, 7) is 6.31. The molecule has 0 saturated carbocycles. The molecule has 114 valence electrons. The van der Waals surface area contributed by atoms with Crippen LogP contribution in [0.25, 0.3) is 0 Å². The Kier molecular flexibility index (Phi) is 4.44. The maximum absolute atomic E-state index is 11.5. The molecule has 0 aromatic heterocycles. The number of esters is 1. The van der Waals surface area contributed by atoms with Crippen molar-refractivity contribution in [3.63, 3.8) is 0 Å². The minimum Gasteiger partial charge on any atom is -0.466 e. The van der Waals surface area contributed by atoms with Gasteiger partial charge >= 0.3 is 5.97 Å². The summed E-state index contributed by atoms with van der Waals surface area (Å²) in [5.41, 5.74) is 2.90. The van der Waals surface area contributed by atoms with Gasteiger partial charge in [0.15, 0.2) is 0 Å². The van der Waals surface area contributed by atoms with Gasteiger partial charge in [-0.3, -0.25) is 9.69 Å². The predicted molar refractivity (Wildman–Crippen MR) is 83.6 cm³/mol. The summed E-state index contributed by atoms with van der Waals surface area (Å²) in [5, 5.41) is 0. The van der Waals surface area contributed by atoms with E-state index in [1.54, 1.807) is 0 Å². The Labute approximate surface area is 126 Å². The lowest BCUT2D eigenvalue weighted by molar-refractivity contribution is -0.143. The number of piperazine rings is 1. The SMILES string of the molecule is CCOC(=O)CCN1CCN2c3ccccc3CCC2C1. The van der Waals surface area contributed by atoms with Crippen LogP contribution in [0.1, 0.15) is 25.3 Å². The van der Waals surface area contributed by atoms with Crippen molar-refractivity contribution in [2.24, 2.45) is 0 Å². The van der Waals surface area contributed by atoms with E-state index in [1.807, 2.05) is 6.92 Å². The molecular weight excluding hydrogens is 264 g/mol. The smallest absolute Gasteiger partial charge is 0.307 e. The molecule has 1 aromatic rings. The fraction of sp³-hybridized carbons (Fsp3) is 0.588. The summed E-state index contributed by atoms with van der Waals surface area (Å²) in [6, 6.07) is 9.35. The molecule has 3 rings (SSSR count). The first kappa shape index (κ1) is 14.4. The Hall–Kier alpha value is -1.55. The van der Waals surface area contributed by atoms with Crippen LogP contribution >= 0.6 is 0 Å². The number of hydrogen-bond acceptors (Lipinski definition) is 4. The Morgan fingerprint density at radius 3 is 3.05 bits per heavy atom. The summed E-state index contributed by atoms with van der Waals surface area (Å²) < 4.78 is 5.01. The molecule has 0 bridgehead atoms. The van der Waals surface area contributed by atoms with Crippen LogP contribution < -0.4 is 4.90 Å². The Balaban J connectivity index is 1.57. The molecule has 1 unspecified atom stereocenters. The fourth-order valence-electron chi connectivity index (χ4n) is 3.49. The topological polar surface area (TPSA) is 32.8 Å². The van der Waals surface area contributed by atoms with Crippen LogP contribution in [0.2, 0.25) is 0 Å². The van der Waals surface area contributed by atoms with Gasteiger partial charge < -0.3 is 9.64 Å². The average molecular weight is 288 g/mol. The summed E-state index contributed by atoms with van der Waals surface area (Å²) in [7, 11) is 0. The molecule has 2 heterocycles. The molecule has 0 radical (unpaired) electrons. The molecule has 0 amide bonds. The number of para-hydroxylation sites is 1. The number of hydrogen-bond donors (Lipinski definition) is 0. The van der Waals surface area contributed by atoms with Gasteiger partial charge in [0.05, 0.1) is 13.0 Å². The molecular formula is C17H24N2O2. The van der Waals surface area contributed by atoms with Crippen molar-refractivity contribution in [1.82, 2.24) is 4.90 Å². The highest BCUT2D eigenvalue weighted by molar-refractivity contribution is 5.69. The van der Waals surface area contributed by atoms with E-state index in [4.69, 9.17) is 4.74 Å². The van der Waals surface area contributed by atoms with Crippen molar-refractivity contribution in [1.29, 1.82) is 0 Å². The van der Waals surface area contributed by atoms with Gasteiger partial charge in [-0.1, -0.05) is 18.2 Å². The van der Waals surface area contributed by atoms with Gasteiger partial charge in [0.25, 0.3) is 0 Å². The van der Waals surface area contributed by atoms with E-state index >= 15 is 0 Å². The fourth-order valence-corrected chi connectivity index (χ4v) is 3.49. The molecule has 1 fully saturated rings. The highest BCUT2D eigenvalue weighted by Gasteiger charge is 2.31. The van der Waals surface area contributed by atoms with Crippen LogP contribution in [0.15, 0.2) is 24.3 Å². The van der Waals surface area contributed by atoms with E-state index in [1.165, 1.54) is 24.1 Å². The number of carbonyl (C=O) groups is 1. The summed E-state index contributed by atoms with van der Waals surface area (Å²) in [5.74, 6) is -0.0751. The third-order valence-corrected chi connectivity index (χ3v) is 4.55. The number of aryl methyl sites for hydroxylation is 1. The largest absolute Gasteiger partial charge is 0.466 e. The molecule has 0 N–H and O–H groups in total. The van der Waals surface area contributed by atoms with E-state index in [-0.39, 0.29) is 5.97 Å². The monoisotopic (exact) mass is 288 g/mol.